The average Bonchev–Trinajstić information content (AvgIpc) is 2.89. The van der Waals surface area contributed by atoms with E-state index in [4.69, 9.17) is 14.9 Å². The predicted molar refractivity (Wildman–Crippen MR) is 142 cm³/mol. The van der Waals surface area contributed by atoms with Crippen molar-refractivity contribution in [3.05, 3.63) is 54.6 Å². The number of ether oxygens (including phenoxy) is 1. The van der Waals surface area contributed by atoms with Crippen molar-refractivity contribution in [2.24, 2.45) is 5.41 Å². The van der Waals surface area contributed by atoms with Crippen LogP contribution in [0.15, 0.2) is 54.6 Å². The number of amides is 3. The van der Waals surface area contributed by atoms with E-state index in [-0.39, 0.29) is 19.3 Å². The fourth-order valence-corrected chi connectivity index (χ4v) is 4.22. The van der Waals surface area contributed by atoms with E-state index >= 15 is 0 Å². The Morgan fingerprint density at radius 1 is 0.854 bits per heavy atom. The molecule has 1 aliphatic rings. The van der Waals surface area contributed by atoms with Crippen LogP contribution < -0.4 is 20.7 Å². The summed E-state index contributed by atoms with van der Waals surface area (Å²) in [6, 6.07) is 12.2. The smallest absolute Gasteiger partial charge is 0.305 e. The molecule has 2 aromatic carbocycles. The number of carbonyl (C=O) groups excluding carboxylic acids is 4. The van der Waals surface area contributed by atoms with Crippen LogP contribution in [0.3, 0.4) is 0 Å². The number of halogens is 1. The van der Waals surface area contributed by atoms with Gasteiger partial charge in [-0.3, -0.25) is 28.8 Å². The Kier molecular flexibility index (Phi) is 10.5. The minimum atomic E-state index is -1.74. The molecule has 218 valence electrons. The Morgan fingerprint density at radius 2 is 1.49 bits per heavy atom. The predicted octanol–water partition coefficient (Wildman–Crippen LogP) is 2.44. The molecule has 12 nitrogen and oxygen atoms in total. The third-order valence-electron chi connectivity index (χ3n) is 6.63. The van der Waals surface area contributed by atoms with Crippen LogP contribution in [0.4, 0.5) is 10.1 Å². The van der Waals surface area contributed by atoms with Gasteiger partial charge in [-0.05, 0) is 43.5 Å². The highest BCUT2D eigenvalue weighted by molar-refractivity contribution is 6.09. The second-order valence-electron chi connectivity index (χ2n) is 9.55. The molecule has 2 atom stereocenters. The first-order valence-electron chi connectivity index (χ1n) is 12.8. The number of Topliss-reactive ketones (excluding diaryl/α,β-unsaturated/α-hetero) is 1. The molecule has 0 aromatic heterocycles. The van der Waals surface area contributed by atoms with Gasteiger partial charge in [0.15, 0.2) is 5.78 Å². The highest BCUT2D eigenvalue weighted by Crippen LogP contribution is 2.42. The van der Waals surface area contributed by atoms with Crippen molar-refractivity contribution in [1.29, 1.82) is 0 Å². The summed E-state index contributed by atoms with van der Waals surface area (Å²) in [6.07, 6.45) is -1.14. The quantitative estimate of drug-likeness (QED) is 0.200. The van der Waals surface area contributed by atoms with E-state index in [1.54, 1.807) is 42.5 Å². The summed E-state index contributed by atoms with van der Waals surface area (Å²) in [6.45, 7) is -1.51. The molecular weight excluding hydrogens is 541 g/mol. The number of para-hydroxylation sites is 1. The molecule has 0 radical (unpaired) electrons. The first-order chi connectivity index (χ1) is 19.5. The number of alkyl halides is 1. The van der Waals surface area contributed by atoms with Crippen molar-refractivity contribution >= 4 is 41.1 Å². The number of anilines is 1. The molecule has 3 rings (SSSR count). The van der Waals surface area contributed by atoms with Crippen molar-refractivity contribution in [2.75, 3.05) is 12.0 Å². The van der Waals surface area contributed by atoms with E-state index in [2.05, 4.69) is 16.0 Å². The number of carboxylic acid groups (broad SMARTS) is 2. The second kappa shape index (κ2) is 14.0. The van der Waals surface area contributed by atoms with Gasteiger partial charge in [-0.2, -0.15) is 0 Å². The Balaban J connectivity index is 1.74. The van der Waals surface area contributed by atoms with Gasteiger partial charge >= 0.3 is 11.9 Å². The van der Waals surface area contributed by atoms with Gasteiger partial charge in [0.1, 0.15) is 35.7 Å². The van der Waals surface area contributed by atoms with Gasteiger partial charge in [0.05, 0.1) is 6.42 Å². The van der Waals surface area contributed by atoms with Gasteiger partial charge < -0.3 is 30.9 Å². The Labute approximate surface area is 234 Å². The zero-order valence-electron chi connectivity index (χ0n) is 21.9. The molecule has 0 saturated heterocycles. The van der Waals surface area contributed by atoms with E-state index in [9.17, 15) is 33.2 Å². The molecule has 1 fully saturated rings. The van der Waals surface area contributed by atoms with Gasteiger partial charge in [0, 0.05) is 18.2 Å². The van der Waals surface area contributed by atoms with Crippen LogP contribution in [-0.2, 0) is 28.8 Å². The van der Waals surface area contributed by atoms with Gasteiger partial charge in [-0.1, -0.05) is 30.7 Å². The van der Waals surface area contributed by atoms with E-state index in [1.807, 2.05) is 6.07 Å². The summed E-state index contributed by atoms with van der Waals surface area (Å²) in [5.74, 6) is -5.47. The van der Waals surface area contributed by atoms with Gasteiger partial charge in [-0.25, -0.2) is 4.39 Å². The second-order valence-corrected chi connectivity index (χ2v) is 9.55. The van der Waals surface area contributed by atoms with Gasteiger partial charge in [-0.15, -0.1) is 0 Å². The van der Waals surface area contributed by atoms with Crippen molar-refractivity contribution in [2.45, 2.75) is 50.6 Å². The average molecular weight is 572 g/mol. The zero-order valence-corrected chi connectivity index (χ0v) is 21.9. The van der Waals surface area contributed by atoms with Crippen molar-refractivity contribution < 1.29 is 48.1 Å². The minimum absolute atomic E-state index is 0.0282. The fourth-order valence-electron chi connectivity index (χ4n) is 4.22. The van der Waals surface area contributed by atoms with E-state index < -0.39 is 72.5 Å². The zero-order chi connectivity index (χ0) is 30.0. The number of hydrogen-bond acceptors (Lipinski definition) is 7. The maximum atomic E-state index is 13.3. The van der Waals surface area contributed by atoms with Crippen LogP contribution >= 0.6 is 0 Å². The SMILES string of the molecule is O=C(O)CCC(NC(=O)C1(C(=O)NC(CC(=O)O)C(=O)CF)CCC1)C(=O)Nc1cccc(Oc2ccccc2)c1. The minimum Gasteiger partial charge on any atom is -0.481 e. The number of aliphatic carboxylic acids is 2. The first kappa shape index (κ1) is 30.7. The van der Waals surface area contributed by atoms with Crippen molar-refractivity contribution in [1.82, 2.24) is 10.6 Å². The molecule has 0 aliphatic heterocycles. The number of carboxylic acids is 2. The number of carbonyl (C=O) groups is 6. The van der Waals surface area contributed by atoms with Crippen LogP contribution in [0, 0.1) is 5.41 Å². The molecule has 5 N–H and O–H groups in total. The molecular formula is C28H30FN3O9. The molecule has 0 bridgehead atoms. The summed E-state index contributed by atoms with van der Waals surface area (Å²) in [5.41, 5.74) is -1.44. The van der Waals surface area contributed by atoms with Crippen LogP contribution in [0.2, 0.25) is 0 Å². The lowest BCUT2D eigenvalue weighted by molar-refractivity contribution is -0.152. The van der Waals surface area contributed by atoms with Crippen LogP contribution in [-0.4, -0.2) is 64.4 Å². The van der Waals surface area contributed by atoms with Crippen LogP contribution in [0.5, 0.6) is 11.5 Å². The third kappa shape index (κ3) is 8.34. The summed E-state index contributed by atoms with van der Waals surface area (Å²) in [4.78, 5) is 73.6. The summed E-state index contributed by atoms with van der Waals surface area (Å²) in [7, 11) is 0. The van der Waals surface area contributed by atoms with E-state index in [0.717, 1.165) is 0 Å². The summed E-state index contributed by atoms with van der Waals surface area (Å²) < 4.78 is 18.7. The number of hydrogen-bond donors (Lipinski definition) is 5. The standard InChI is InChI=1S/C28H30FN3O9/c29-16-22(33)21(15-24(36)37)32-27(40)28(12-5-13-28)26(39)31-20(10-11-23(34)35)25(38)30-17-6-4-9-19(14-17)41-18-7-2-1-3-8-18/h1-4,6-9,14,20-21H,5,10-13,15-16H2,(H,30,38)(H,31,39)(H,32,40)(H,34,35)(H,36,37). The maximum Gasteiger partial charge on any atom is 0.305 e. The Bertz CT molecular complexity index is 1300. The summed E-state index contributed by atoms with van der Waals surface area (Å²) >= 11 is 0. The monoisotopic (exact) mass is 571 g/mol. The molecule has 0 spiro atoms. The number of nitrogens with one attached hydrogen (secondary N) is 3. The van der Waals surface area contributed by atoms with Gasteiger partial charge in [0.2, 0.25) is 17.7 Å². The maximum absolute atomic E-state index is 13.3. The Hall–Kier alpha value is -4.81. The summed E-state index contributed by atoms with van der Waals surface area (Å²) in [5, 5.41) is 25.4. The van der Waals surface area contributed by atoms with Crippen LogP contribution in [0.1, 0.15) is 38.5 Å². The first-order valence-corrected chi connectivity index (χ1v) is 12.8. The van der Waals surface area contributed by atoms with E-state index in [0.29, 0.717) is 23.6 Å². The lowest BCUT2D eigenvalue weighted by Crippen LogP contribution is -2.60. The molecule has 1 aliphatic carbocycles. The topological polar surface area (TPSA) is 188 Å². The molecule has 1 saturated carbocycles. The normalized spacial score (nSPS) is 14.9. The fraction of sp³-hybridized carbons (Fsp3) is 0.357. The van der Waals surface area contributed by atoms with Gasteiger partial charge in [0.25, 0.3) is 0 Å². The lowest BCUT2D eigenvalue weighted by atomic mass is 9.67. The largest absolute Gasteiger partial charge is 0.481 e. The Morgan fingerprint density at radius 3 is 2.05 bits per heavy atom. The molecule has 13 heteroatoms. The van der Waals surface area contributed by atoms with Crippen molar-refractivity contribution in [3.63, 3.8) is 0 Å². The van der Waals surface area contributed by atoms with Crippen molar-refractivity contribution in [3.8, 4) is 11.5 Å². The lowest BCUT2D eigenvalue weighted by Gasteiger charge is -2.40. The highest BCUT2D eigenvalue weighted by atomic mass is 19.1. The molecule has 41 heavy (non-hydrogen) atoms. The number of ketones is 1. The molecule has 0 heterocycles. The van der Waals surface area contributed by atoms with Crippen LogP contribution in [0.25, 0.3) is 0 Å². The number of rotatable bonds is 15. The number of benzene rings is 2. The van der Waals surface area contributed by atoms with E-state index in [1.165, 1.54) is 6.07 Å². The third-order valence-corrected chi connectivity index (χ3v) is 6.63. The molecule has 2 unspecified atom stereocenters. The molecule has 2 aromatic rings. The highest BCUT2D eigenvalue weighted by Gasteiger charge is 2.52. The molecule has 3 amide bonds.